The molecule has 1 heterocycles. The zero-order valence-electron chi connectivity index (χ0n) is 14.2. The lowest BCUT2D eigenvalue weighted by Crippen LogP contribution is -2.46. The van der Waals surface area contributed by atoms with Gasteiger partial charge in [0.2, 0.25) is 5.91 Å². The Morgan fingerprint density at radius 2 is 2.12 bits per heavy atom. The molecule has 4 nitrogen and oxygen atoms in total. The van der Waals surface area contributed by atoms with Crippen LogP contribution < -0.4 is 10.6 Å². The summed E-state index contributed by atoms with van der Waals surface area (Å²) in [6.07, 6.45) is 2.58. The maximum absolute atomic E-state index is 12.5. The molecule has 1 unspecified atom stereocenters. The van der Waals surface area contributed by atoms with Crippen molar-refractivity contribution in [2.45, 2.75) is 25.9 Å². The number of carbonyl (C=O) groups is 2. The molecule has 2 N–H and O–H groups in total. The van der Waals surface area contributed by atoms with Crippen LogP contribution in [0, 0.1) is 6.92 Å². The molecule has 1 aromatic carbocycles. The molecule has 0 radical (unpaired) electrons. The van der Waals surface area contributed by atoms with Crippen molar-refractivity contribution in [3.8, 4) is 0 Å². The first kappa shape index (κ1) is 20.0. The summed E-state index contributed by atoms with van der Waals surface area (Å²) in [5.41, 5.74) is 1.59. The van der Waals surface area contributed by atoms with Crippen LogP contribution in [0.2, 0.25) is 0 Å². The summed E-state index contributed by atoms with van der Waals surface area (Å²) in [5, 5.41) is 7.76. The van der Waals surface area contributed by atoms with Crippen molar-refractivity contribution >= 4 is 50.8 Å². The highest BCUT2D eigenvalue weighted by Crippen LogP contribution is 2.19. The summed E-state index contributed by atoms with van der Waals surface area (Å²) in [6, 6.07) is 8.80. The number of thiophene rings is 1. The van der Waals surface area contributed by atoms with Gasteiger partial charge < -0.3 is 10.6 Å². The van der Waals surface area contributed by atoms with Gasteiger partial charge in [0, 0.05) is 20.3 Å². The lowest BCUT2D eigenvalue weighted by molar-refractivity contribution is -0.123. The van der Waals surface area contributed by atoms with Crippen LogP contribution >= 0.6 is 39.0 Å². The molecule has 0 saturated heterocycles. The number of halogens is 1. The van der Waals surface area contributed by atoms with Crippen molar-refractivity contribution < 1.29 is 9.59 Å². The predicted molar refractivity (Wildman–Crippen MR) is 109 cm³/mol. The van der Waals surface area contributed by atoms with Crippen molar-refractivity contribution in [1.29, 1.82) is 0 Å². The fraction of sp³-hybridized carbons (Fsp3) is 0.333. The van der Waals surface area contributed by atoms with Crippen molar-refractivity contribution in [3.05, 3.63) is 56.2 Å². The Hall–Kier alpha value is -1.31. The summed E-state index contributed by atoms with van der Waals surface area (Å²) >= 11 is 6.64. The summed E-state index contributed by atoms with van der Waals surface area (Å²) < 4.78 is 1.01. The number of rotatable bonds is 8. The average Bonchev–Trinajstić information content (AvgIpc) is 3.01. The van der Waals surface area contributed by atoms with Crippen LogP contribution in [-0.4, -0.2) is 29.9 Å². The fourth-order valence-corrected chi connectivity index (χ4v) is 4.14. The largest absolute Gasteiger partial charge is 0.349 e. The maximum atomic E-state index is 12.5. The second kappa shape index (κ2) is 9.99. The van der Waals surface area contributed by atoms with Gasteiger partial charge >= 0.3 is 0 Å². The molecule has 0 fully saturated rings. The molecule has 1 aromatic heterocycles. The molecule has 0 aliphatic heterocycles. The number of amides is 2. The quantitative estimate of drug-likeness (QED) is 0.652. The van der Waals surface area contributed by atoms with Gasteiger partial charge in [-0.1, -0.05) is 17.7 Å². The van der Waals surface area contributed by atoms with Gasteiger partial charge in [-0.2, -0.15) is 11.8 Å². The third kappa shape index (κ3) is 6.49. The zero-order chi connectivity index (χ0) is 18.2. The highest BCUT2D eigenvalue weighted by atomic mass is 79.9. The Balaban J connectivity index is 1.98. The molecule has 2 rings (SSSR count). The summed E-state index contributed by atoms with van der Waals surface area (Å²) in [5.74, 6) is 0.430. The summed E-state index contributed by atoms with van der Waals surface area (Å²) in [4.78, 5) is 26.0. The Morgan fingerprint density at radius 3 is 2.76 bits per heavy atom. The summed E-state index contributed by atoms with van der Waals surface area (Å²) in [7, 11) is 0. The normalized spacial score (nSPS) is 11.8. The number of hydrogen-bond acceptors (Lipinski definition) is 4. The van der Waals surface area contributed by atoms with E-state index in [9.17, 15) is 9.59 Å². The molecule has 2 aromatic rings. The van der Waals surface area contributed by atoms with E-state index in [0.717, 1.165) is 20.7 Å². The first-order valence-corrected chi connectivity index (χ1v) is 10.9. The van der Waals surface area contributed by atoms with Crippen LogP contribution in [0.15, 0.2) is 40.2 Å². The van der Waals surface area contributed by atoms with Crippen molar-refractivity contribution in [1.82, 2.24) is 10.6 Å². The Labute approximate surface area is 164 Å². The van der Waals surface area contributed by atoms with E-state index in [1.54, 1.807) is 29.2 Å². The molecular formula is C18H21BrN2O2S2. The molecule has 1 atom stereocenters. The van der Waals surface area contributed by atoms with E-state index < -0.39 is 6.04 Å². The van der Waals surface area contributed by atoms with Crippen LogP contribution in [0.25, 0.3) is 0 Å². The van der Waals surface area contributed by atoms with E-state index in [0.29, 0.717) is 18.5 Å². The minimum absolute atomic E-state index is 0.153. The van der Waals surface area contributed by atoms with Crippen molar-refractivity contribution in [2.75, 3.05) is 12.0 Å². The molecule has 0 saturated carbocycles. The van der Waals surface area contributed by atoms with Gasteiger partial charge in [-0.15, -0.1) is 11.3 Å². The second-order valence-electron chi connectivity index (χ2n) is 5.63. The summed E-state index contributed by atoms with van der Waals surface area (Å²) in [6.45, 7) is 2.40. The fourth-order valence-electron chi connectivity index (χ4n) is 2.28. The first-order valence-electron chi connectivity index (χ1n) is 7.86. The van der Waals surface area contributed by atoms with Crippen LogP contribution in [0.4, 0.5) is 0 Å². The predicted octanol–water partition coefficient (Wildman–Crippen LogP) is 3.99. The zero-order valence-corrected chi connectivity index (χ0v) is 17.4. The lowest BCUT2D eigenvalue weighted by Gasteiger charge is -2.18. The minimum atomic E-state index is -0.538. The molecule has 25 heavy (non-hydrogen) atoms. The number of nitrogens with one attached hydrogen (secondary N) is 2. The van der Waals surface area contributed by atoms with Gasteiger partial charge in [0.05, 0.1) is 6.54 Å². The lowest BCUT2D eigenvalue weighted by atomic mass is 10.1. The molecule has 7 heteroatoms. The molecule has 2 amide bonds. The Kier molecular flexibility index (Phi) is 7.99. The van der Waals surface area contributed by atoms with Gasteiger partial charge in [-0.25, -0.2) is 0 Å². The number of thioether (sulfide) groups is 1. The van der Waals surface area contributed by atoms with E-state index in [1.807, 2.05) is 42.8 Å². The smallest absolute Gasteiger partial charge is 0.251 e. The third-order valence-corrected chi connectivity index (χ3v) is 5.91. The van der Waals surface area contributed by atoms with E-state index >= 15 is 0 Å². The topological polar surface area (TPSA) is 58.2 Å². The molecule has 0 aliphatic rings. The third-order valence-electron chi connectivity index (χ3n) is 3.57. The Bertz CT molecular complexity index is 733. The number of benzene rings is 1. The first-order chi connectivity index (χ1) is 12.0. The Morgan fingerprint density at radius 1 is 1.32 bits per heavy atom. The van der Waals surface area contributed by atoms with E-state index in [1.165, 1.54) is 0 Å². The minimum Gasteiger partial charge on any atom is -0.349 e. The van der Waals surface area contributed by atoms with Gasteiger partial charge in [0.15, 0.2) is 0 Å². The molecule has 0 spiro atoms. The molecule has 0 aliphatic carbocycles. The monoisotopic (exact) mass is 440 g/mol. The van der Waals surface area contributed by atoms with E-state index in [4.69, 9.17) is 0 Å². The van der Waals surface area contributed by atoms with Crippen molar-refractivity contribution in [2.24, 2.45) is 0 Å². The van der Waals surface area contributed by atoms with Crippen LogP contribution in [0.3, 0.4) is 0 Å². The molecular weight excluding hydrogens is 420 g/mol. The standard InChI is InChI=1S/C18H21BrN2O2S2/c1-12-4-3-5-13(8-12)17(22)21-16(6-7-24-2)18(23)20-10-15-9-14(19)11-25-15/h3-5,8-9,11,16H,6-7,10H2,1-2H3,(H,20,23)(H,21,22). The van der Waals surface area contributed by atoms with Gasteiger partial charge in [-0.3, -0.25) is 9.59 Å². The molecule has 0 bridgehead atoms. The van der Waals surface area contributed by atoms with Crippen LogP contribution in [-0.2, 0) is 11.3 Å². The maximum Gasteiger partial charge on any atom is 0.251 e. The van der Waals surface area contributed by atoms with E-state index in [-0.39, 0.29) is 11.8 Å². The van der Waals surface area contributed by atoms with Crippen LogP contribution in [0.1, 0.15) is 27.2 Å². The van der Waals surface area contributed by atoms with Gasteiger partial charge in [0.25, 0.3) is 5.91 Å². The number of hydrogen-bond donors (Lipinski definition) is 2. The van der Waals surface area contributed by atoms with Gasteiger partial charge in [-0.05, 0) is 59.5 Å². The highest BCUT2D eigenvalue weighted by molar-refractivity contribution is 9.10. The average molecular weight is 441 g/mol. The van der Waals surface area contributed by atoms with Crippen molar-refractivity contribution in [3.63, 3.8) is 0 Å². The second-order valence-corrected chi connectivity index (χ2v) is 8.52. The number of carbonyl (C=O) groups excluding carboxylic acids is 2. The van der Waals surface area contributed by atoms with E-state index in [2.05, 4.69) is 26.6 Å². The molecule has 134 valence electrons. The SMILES string of the molecule is CSCCC(NC(=O)c1cccc(C)c1)C(=O)NCc1cc(Br)cs1. The number of aryl methyl sites for hydroxylation is 1. The highest BCUT2D eigenvalue weighted by Gasteiger charge is 2.21. The van der Waals surface area contributed by atoms with Crippen LogP contribution in [0.5, 0.6) is 0 Å². The van der Waals surface area contributed by atoms with Gasteiger partial charge in [0.1, 0.15) is 6.04 Å².